The molecule has 0 spiro atoms. The van der Waals surface area contributed by atoms with Crippen LogP contribution in [0.4, 0.5) is 18.9 Å². The van der Waals surface area contributed by atoms with Gasteiger partial charge in [0.05, 0.1) is 22.3 Å². The fourth-order valence-corrected chi connectivity index (χ4v) is 4.18. The number of rotatable bonds is 3. The molecule has 0 fully saturated rings. The van der Waals surface area contributed by atoms with E-state index in [4.69, 9.17) is 16.6 Å². The molecule has 1 aromatic heterocycles. The summed E-state index contributed by atoms with van der Waals surface area (Å²) in [6.07, 6.45) is -4.51. The van der Waals surface area contributed by atoms with E-state index in [-0.39, 0.29) is 5.69 Å². The molecular weight excluding hydrogens is 449 g/mol. The number of benzene rings is 3. The van der Waals surface area contributed by atoms with Crippen LogP contribution in [-0.4, -0.2) is 10.9 Å². The third-order valence-electron chi connectivity index (χ3n) is 5.44. The average Bonchev–Trinajstić information content (AvgIpc) is 2.72. The van der Waals surface area contributed by atoms with Crippen LogP contribution in [0.1, 0.15) is 32.6 Å². The fourth-order valence-electron chi connectivity index (χ4n) is 3.99. The summed E-state index contributed by atoms with van der Waals surface area (Å²) >= 11 is 6.18. The van der Waals surface area contributed by atoms with E-state index in [9.17, 15) is 18.0 Å². The summed E-state index contributed by atoms with van der Waals surface area (Å²) in [5.41, 5.74) is 4.02. The Balaban J connectivity index is 1.90. The lowest BCUT2D eigenvalue weighted by atomic mass is 9.94. The van der Waals surface area contributed by atoms with Crippen LogP contribution in [0, 0.1) is 20.8 Å². The van der Waals surface area contributed by atoms with Crippen molar-refractivity contribution in [2.24, 2.45) is 0 Å². The summed E-state index contributed by atoms with van der Waals surface area (Å²) in [6.45, 7) is 5.61. The second kappa shape index (κ2) is 8.52. The Morgan fingerprint density at radius 3 is 2.39 bits per heavy atom. The Labute approximate surface area is 194 Å². The average molecular weight is 469 g/mol. The van der Waals surface area contributed by atoms with Crippen molar-refractivity contribution in [3.05, 3.63) is 93.5 Å². The Morgan fingerprint density at radius 2 is 1.70 bits per heavy atom. The van der Waals surface area contributed by atoms with Gasteiger partial charge < -0.3 is 5.32 Å². The molecule has 4 aromatic rings. The number of alkyl halides is 3. The van der Waals surface area contributed by atoms with E-state index in [0.717, 1.165) is 28.8 Å². The molecule has 0 aliphatic carbocycles. The Morgan fingerprint density at radius 1 is 0.970 bits per heavy atom. The predicted octanol–water partition coefficient (Wildman–Crippen LogP) is 7.75. The Bertz CT molecular complexity index is 1400. The van der Waals surface area contributed by atoms with Crippen LogP contribution >= 0.6 is 11.6 Å². The Kier molecular flexibility index (Phi) is 5.89. The summed E-state index contributed by atoms with van der Waals surface area (Å²) in [4.78, 5) is 18.3. The van der Waals surface area contributed by atoms with E-state index in [1.807, 2.05) is 32.0 Å². The molecule has 7 heteroatoms. The molecule has 0 unspecified atom stereocenters. The van der Waals surface area contributed by atoms with E-state index in [1.54, 1.807) is 25.1 Å². The van der Waals surface area contributed by atoms with E-state index < -0.39 is 17.6 Å². The number of halogens is 4. The highest BCUT2D eigenvalue weighted by atomic mass is 35.5. The molecule has 1 amide bonds. The Hall–Kier alpha value is -3.38. The highest BCUT2D eigenvalue weighted by Gasteiger charge is 2.30. The highest BCUT2D eigenvalue weighted by Crippen LogP contribution is 2.34. The van der Waals surface area contributed by atoms with Crippen molar-refractivity contribution in [1.29, 1.82) is 0 Å². The number of nitrogens with zero attached hydrogens (tertiary/aromatic N) is 1. The topological polar surface area (TPSA) is 42.0 Å². The smallest absolute Gasteiger partial charge is 0.322 e. The van der Waals surface area contributed by atoms with Crippen LogP contribution in [0.2, 0.25) is 5.02 Å². The van der Waals surface area contributed by atoms with E-state index in [2.05, 4.69) is 5.32 Å². The lowest BCUT2D eigenvalue weighted by molar-refractivity contribution is -0.137. The molecule has 33 heavy (non-hydrogen) atoms. The summed E-state index contributed by atoms with van der Waals surface area (Å²) in [7, 11) is 0. The SMILES string of the molecule is Cc1cc(C)c2nc(-c3cccc(Cl)c3)c(C)c(C(=O)Nc3cccc(C(F)(F)F)c3)c2c1. The van der Waals surface area contributed by atoms with Crippen molar-refractivity contribution in [2.75, 3.05) is 5.32 Å². The van der Waals surface area contributed by atoms with Gasteiger partial charge in [0, 0.05) is 21.7 Å². The van der Waals surface area contributed by atoms with Crippen LogP contribution in [0.5, 0.6) is 0 Å². The first-order valence-electron chi connectivity index (χ1n) is 10.2. The van der Waals surface area contributed by atoms with Gasteiger partial charge in [0.15, 0.2) is 0 Å². The molecule has 4 rings (SSSR count). The molecule has 3 aromatic carbocycles. The first-order chi connectivity index (χ1) is 15.5. The molecule has 1 N–H and O–H groups in total. The van der Waals surface area contributed by atoms with E-state index in [1.165, 1.54) is 12.1 Å². The summed E-state index contributed by atoms with van der Waals surface area (Å²) in [5.74, 6) is -0.507. The van der Waals surface area contributed by atoms with Gasteiger partial charge in [-0.05, 0) is 68.3 Å². The molecule has 0 saturated heterocycles. The van der Waals surface area contributed by atoms with Crippen LogP contribution in [0.3, 0.4) is 0 Å². The number of amides is 1. The number of aryl methyl sites for hydroxylation is 2. The minimum atomic E-state index is -4.51. The molecule has 1 heterocycles. The predicted molar refractivity (Wildman–Crippen MR) is 126 cm³/mol. The minimum Gasteiger partial charge on any atom is -0.322 e. The third kappa shape index (κ3) is 4.57. The maximum Gasteiger partial charge on any atom is 0.416 e. The van der Waals surface area contributed by atoms with Crippen LogP contribution in [0.25, 0.3) is 22.2 Å². The number of hydrogen-bond donors (Lipinski definition) is 1. The first-order valence-corrected chi connectivity index (χ1v) is 10.6. The zero-order valence-electron chi connectivity index (χ0n) is 18.1. The van der Waals surface area contributed by atoms with Crippen molar-refractivity contribution in [3.63, 3.8) is 0 Å². The lowest BCUT2D eigenvalue weighted by Crippen LogP contribution is -2.16. The standard InChI is InChI=1S/C26H20ClF3N2O/c1-14-10-15(2)23-21(11-14)22(16(3)24(32-23)17-6-4-8-19(27)12-17)25(33)31-20-9-5-7-18(13-20)26(28,29)30/h4-13H,1-3H3,(H,31,33). The van der Waals surface area contributed by atoms with E-state index >= 15 is 0 Å². The summed E-state index contributed by atoms with van der Waals surface area (Å²) < 4.78 is 39.4. The van der Waals surface area contributed by atoms with Crippen molar-refractivity contribution < 1.29 is 18.0 Å². The second-order valence-corrected chi connectivity index (χ2v) is 8.42. The number of anilines is 1. The zero-order valence-corrected chi connectivity index (χ0v) is 18.9. The van der Waals surface area contributed by atoms with Crippen molar-refractivity contribution >= 4 is 34.1 Å². The first kappa shape index (κ1) is 22.8. The third-order valence-corrected chi connectivity index (χ3v) is 5.68. The van der Waals surface area contributed by atoms with Gasteiger partial charge in [-0.25, -0.2) is 4.98 Å². The van der Waals surface area contributed by atoms with Gasteiger partial charge in [-0.15, -0.1) is 0 Å². The van der Waals surface area contributed by atoms with Crippen molar-refractivity contribution in [2.45, 2.75) is 26.9 Å². The maximum atomic E-state index is 13.4. The number of nitrogens with one attached hydrogen (secondary N) is 1. The normalized spacial score (nSPS) is 11.6. The molecule has 3 nitrogen and oxygen atoms in total. The van der Waals surface area contributed by atoms with Gasteiger partial charge in [0.1, 0.15) is 0 Å². The molecule has 0 radical (unpaired) electrons. The monoisotopic (exact) mass is 468 g/mol. The van der Waals surface area contributed by atoms with Gasteiger partial charge in [-0.2, -0.15) is 13.2 Å². The summed E-state index contributed by atoms with van der Waals surface area (Å²) in [6, 6.07) is 15.6. The molecule has 0 aliphatic rings. The number of pyridine rings is 1. The molecule has 168 valence electrons. The lowest BCUT2D eigenvalue weighted by Gasteiger charge is -2.17. The molecule has 0 saturated carbocycles. The van der Waals surface area contributed by atoms with Gasteiger partial charge in [0.2, 0.25) is 0 Å². The number of carbonyl (C=O) groups excluding carboxylic acids is 1. The number of fused-ring (bicyclic) bond motifs is 1. The van der Waals surface area contributed by atoms with Crippen LogP contribution < -0.4 is 5.32 Å². The number of carbonyl (C=O) groups is 1. The van der Waals surface area contributed by atoms with E-state index in [0.29, 0.717) is 32.7 Å². The van der Waals surface area contributed by atoms with Crippen LogP contribution in [0.15, 0.2) is 60.7 Å². The van der Waals surface area contributed by atoms with Gasteiger partial charge in [-0.1, -0.05) is 41.4 Å². The van der Waals surface area contributed by atoms with Crippen molar-refractivity contribution in [3.8, 4) is 11.3 Å². The highest BCUT2D eigenvalue weighted by molar-refractivity contribution is 6.30. The minimum absolute atomic E-state index is 0.0628. The maximum absolute atomic E-state index is 13.4. The van der Waals surface area contributed by atoms with Crippen molar-refractivity contribution in [1.82, 2.24) is 4.98 Å². The molecule has 0 atom stereocenters. The number of aromatic nitrogens is 1. The van der Waals surface area contributed by atoms with Gasteiger partial charge in [0.25, 0.3) is 5.91 Å². The second-order valence-electron chi connectivity index (χ2n) is 7.98. The fraction of sp³-hybridized carbons (Fsp3) is 0.154. The molecule has 0 aliphatic heterocycles. The number of hydrogen-bond acceptors (Lipinski definition) is 2. The molecule has 0 bridgehead atoms. The largest absolute Gasteiger partial charge is 0.416 e. The molecular formula is C26H20ClF3N2O. The van der Waals surface area contributed by atoms with Gasteiger partial charge >= 0.3 is 6.18 Å². The quantitative estimate of drug-likeness (QED) is 0.334. The van der Waals surface area contributed by atoms with Gasteiger partial charge in [-0.3, -0.25) is 4.79 Å². The zero-order chi connectivity index (χ0) is 23.9. The summed E-state index contributed by atoms with van der Waals surface area (Å²) in [5, 5.41) is 3.81. The van der Waals surface area contributed by atoms with Crippen LogP contribution in [-0.2, 0) is 6.18 Å².